The fourth-order valence-electron chi connectivity index (χ4n) is 2.84. The van der Waals surface area contributed by atoms with Crippen molar-refractivity contribution in [3.8, 4) is 0 Å². The van der Waals surface area contributed by atoms with E-state index in [2.05, 4.69) is 19.7 Å². The first-order valence-corrected chi connectivity index (χ1v) is 10.5. The zero-order chi connectivity index (χ0) is 21.1. The molecular weight excluding hydrogens is 390 g/mol. The van der Waals surface area contributed by atoms with Gasteiger partial charge in [-0.05, 0) is 57.3 Å². The number of hydrogen-bond donors (Lipinski definition) is 2. The first kappa shape index (κ1) is 22.8. The van der Waals surface area contributed by atoms with Gasteiger partial charge in [-0.15, -0.1) is 0 Å². The van der Waals surface area contributed by atoms with Gasteiger partial charge in [-0.2, -0.15) is 4.37 Å². The molecule has 1 aliphatic rings. The van der Waals surface area contributed by atoms with E-state index in [1.54, 1.807) is 0 Å². The average molecular weight is 420 g/mol. The lowest BCUT2D eigenvalue weighted by Crippen LogP contribution is -2.30. The van der Waals surface area contributed by atoms with Gasteiger partial charge in [0.05, 0.1) is 11.4 Å². The minimum Gasteiger partial charge on any atom is -0.463 e. The van der Waals surface area contributed by atoms with Crippen LogP contribution in [0.2, 0.25) is 0 Å². The fraction of sp³-hybridized carbons (Fsp3) is 0.476. The first-order valence-electron chi connectivity index (χ1n) is 9.63. The highest BCUT2D eigenvalue weighted by atomic mass is 32.1. The molecule has 1 aromatic heterocycles. The van der Waals surface area contributed by atoms with Crippen molar-refractivity contribution in [2.45, 2.75) is 51.7 Å². The molecule has 1 fully saturated rings. The monoisotopic (exact) mass is 419 g/mol. The van der Waals surface area contributed by atoms with Crippen molar-refractivity contribution in [2.75, 3.05) is 18.4 Å². The van der Waals surface area contributed by atoms with Crippen LogP contribution in [-0.2, 0) is 20.9 Å². The van der Waals surface area contributed by atoms with Crippen molar-refractivity contribution in [3.05, 3.63) is 47.0 Å². The summed E-state index contributed by atoms with van der Waals surface area (Å²) in [7, 11) is 0. The lowest BCUT2D eigenvalue weighted by Gasteiger charge is -2.23. The highest BCUT2D eigenvalue weighted by molar-refractivity contribution is 7.04. The predicted molar refractivity (Wildman–Crippen MR) is 114 cm³/mol. The number of carbonyl (C=O) groups excluding carboxylic acids is 2. The number of aromatic nitrogens is 1. The molecule has 1 saturated heterocycles. The van der Waals surface area contributed by atoms with Gasteiger partial charge in [-0.3, -0.25) is 10.1 Å². The molecule has 1 aliphatic heterocycles. The third kappa shape index (κ3) is 8.62. The Morgan fingerprint density at radius 2 is 2.10 bits per heavy atom. The Kier molecular flexibility index (Phi) is 9.08. The van der Waals surface area contributed by atoms with Gasteiger partial charge in [0, 0.05) is 17.8 Å². The largest absolute Gasteiger partial charge is 0.463 e. The lowest BCUT2D eigenvalue weighted by molar-refractivity contribution is -0.129. The van der Waals surface area contributed by atoms with Gasteiger partial charge in [-0.1, -0.05) is 30.3 Å². The SMILES string of the molecule is CC(C)(C)OC(=O)Nc1csnc1C1CCCNC1.O=COCc1ccccc1. The van der Waals surface area contributed by atoms with Crippen LogP contribution in [0.25, 0.3) is 0 Å². The quantitative estimate of drug-likeness (QED) is 0.702. The van der Waals surface area contributed by atoms with E-state index in [1.807, 2.05) is 56.5 Å². The van der Waals surface area contributed by atoms with Gasteiger partial charge < -0.3 is 14.8 Å². The van der Waals surface area contributed by atoms with Gasteiger partial charge in [0.2, 0.25) is 0 Å². The highest BCUT2D eigenvalue weighted by Crippen LogP contribution is 2.30. The lowest BCUT2D eigenvalue weighted by atomic mass is 9.95. The second-order valence-electron chi connectivity index (χ2n) is 7.68. The Hall–Kier alpha value is -2.45. The maximum Gasteiger partial charge on any atom is 0.412 e. The number of rotatable bonds is 5. The number of nitrogens with zero attached hydrogens (tertiary/aromatic N) is 1. The zero-order valence-electron chi connectivity index (χ0n) is 17.1. The Labute approximate surface area is 176 Å². The summed E-state index contributed by atoms with van der Waals surface area (Å²) >= 11 is 1.37. The second-order valence-corrected chi connectivity index (χ2v) is 8.31. The van der Waals surface area contributed by atoms with Crippen LogP contribution in [0, 0.1) is 0 Å². The highest BCUT2D eigenvalue weighted by Gasteiger charge is 2.23. The molecule has 0 radical (unpaired) electrons. The molecule has 29 heavy (non-hydrogen) atoms. The molecule has 2 heterocycles. The first-order chi connectivity index (χ1) is 13.9. The van der Waals surface area contributed by atoms with Crippen LogP contribution in [0.15, 0.2) is 35.7 Å². The summed E-state index contributed by atoms with van der Waals surface area (Å²) in [5.41, 5.74) is 2.28. The number of benzene rings is 1. The molecule has 2 N–H and O–H groups in total. The number of carbonyl (C=O) groups is 2. The molecule has 1 aromatic carbocycles. The maximum absolute atomic E-state index is 11.8. The number of anilines is 1. The van der Waals surface area contributed by atoms with E-state index in [9.17, 15) is 9.59 Å². The molecule has 158 valence electrons. The molecule has 0 spiro atoms. The normalized spacial score (nSPS) is 16.2. The van der Waals surface area contributed by atoms with Gasteiger partial charge in [0.25, 0.3) is 6.47 Å². The molecule has 2 aromatic rings. The number of piperidine rings is 1. The van der Waals surface area contributed by atoms with E-state index >= 15 is 0 Å². The maximum atomic E-state index is 11.8. The Morgan fingerprint density at radius 3 is 2.72 bits per heavy atom. The second kappa shape index (κ2) is 11.5. The van der Waals surface area contributed by atoms with Crippen LogP contribution in [0.3, 0.4) is 0 Å². The Morgan fingerprint density at radius 1 is 1.34 bits per heavy atom. The topological polar surface area (TPSA) is 89.5 Å². The third-order valence-electron chi connectivity index (χ3n) is 4.08. The number of ether oxygens (including phenoxy) is 2. The van der Waals surface area contributed by atoms with Crippen molar-refractivity contribution >= 4 is 29.8 Å². The van der Waals surface area contributed by atoms with Crippen molar-refractivity contribution in [1.82, 2.24) is 9.69 Å². The Balaban J connectivity index is 0.000000253. The molecule has 1 unspecified atom stereocenters. The number of nitrogens with one attached hydrogen (secondary N) is 2. The van der Waals surface area contributed by atoms with E-state index in [1.165, 1.54) is 11.5 Å². The summed E-state index contributed by atoms with van der Waals surface area (Å²) in [5, 5.41) is 8.03. The van der Waals surface area contributed by atoms with Gasteiger partial charge in [0.1, 0.15) is 12.2 Å². The third-order valence-corrected chi connectivity index (χ3v) is 4.72. The summed E-state index contributed by atoms with van der Waals surface area (Å²) in [6, 6.07) is 9.55. The van der Waals surface area contributed by atoms with Crippen LogP contribution >= 0.6 is 11.5 Å². The summed E-state index contributed by atoms with van der Waals surface area (Å²) in [5.74, 6) is 0.380. The molecule has 3 rings (SSSR count). The van der Waals surface area contributed by atoms with E-state index < -0.39 is 11.7 Å². The Bertz CT molecular complexity index is 753. The number of hydrogen-bond acceptors (Lipinski definition) is 7. The van der Waals surface area contributed by atoms with Crippen LogP contribution in [0.1, 0.15) is 50.8 Å². The summed E-state index contributed by atoms with van der Waals surface area (Å²) in [6.45, 7) is 8.36. The summed E-state index contributed by atoms with van der Waals surface area (Å²) in [4.78, 5) is 21.5. The smallest absolute Gasteiger partial charge is 0.412 e. The van der Waals surface area contributed by atoms with Crippen molar-refractivity contribution in [2.24, 2.45) is 0 Å². The molecule has 1 atom stereocenters. The van der Waals surface area contributed by atoms with Crippen LogP contribution in [0.5, 0.6) is 0 Å². The molecular formula is C21H29N3O4S. The van der Waals surface area contributed by atoms with Crippen molar-refractivity contribution < 1.29 is 19.1 Å². The van der Waals surface area contributed by atoms with Crippen LogP contribution in [-0.4, -0.2) is 35.6 Å². The van der Waals surface area contributed by atoms with Crippen LogP contribution in [0.4, 0.5) is 10.5 Å². The van der Waals surface area contributed by atoms with E-state index in [-0.39, 0.29) is 0 Å². The van der Waals surface area contributed by atoms with Crippen molar-refractivity contribution in [3.63, 3.8) is 0 Å². The molecule has 7 nitrogen and oxygen atoms in total. The molecule has 0 bridgehead atoms. The van der Waals surface area contributed by atoms with Gasteiger partial charge in [-0.25, -0.2) is 4.79 Å². The van der Waals surface area contributed by atoms with Gasteiger partial charge in [0.15, 0.2) is 0 Å². The standard InChI is InChI=1S/C13H21N3O2S.C8H8O2/c1-13(2,3)18-12(17)15-10-8-19-16-11(10)9-5-4-6-14-7-9;9-7-10-6-8-4-2-1-3-5-8/h8-9,14H,4-7H2,1-3H3,(H,15,17);1-5,7H,6H2. The van der Waals surface area contributed by atoms with E-state index in [0.29, 0.717) is 19.0 Å². The fourth-order valence-corrected chi connectivity index (χ4v) is 3.54. The molecule has 8 heteroatoms. The van der Waals surface area contributed by atoms with E-state index in [4.69, 9.17) is 4.74 Å². The van der Waals surface area contributed by atoms with Crippen LogP contribution < -0.4 is 10.6 Å². The zero-order valence-corrected chi connectivity index (χ0v) is 18.0. The number of amides is 1. The predicted octanol–water partition coefficient (Wildman–Crippen LogP) is 4.32. The summed E-state index contributed by atoms with van der Waals surface area (Å²) < 4.78 is 14.2. The minimum atomic E-state index is -0.486. The molecule has 0 aliphatic carbocycles. The summed E-state index contributed by atoms with van der Waals surface area (Å²) in [6.07, 6.45) is 1.84. The van der Waals surface area contributed by atoms with E-state index in [0.717, 1.165) is 42.9 Å². The molecule has 0 saturated carbocycles. The average Bonchev–Trinajstić information content (AvgIpc) is 3.15. The molecule has 1 amide bonds. The van der Waals surface area contributed by atoms with Gasteiger partial charge >= 0.3 is 6.09 Å². The minimum absolute atomic E-state index is 0.365. The van der Waals surface area contributed by atoms with Crippen molar-refractivity contribution in [1.29, 1.82) is 0 Å².